The Morgan fingerprint density at radius 3 is 2.75 bits per heavy atom. The Morgan fingerprint density at radius 2 is 2.00 bits per heavy atom. The summed E-state index contributed by atoms with van der Waals surface area (Å²) in [5.74, 6) is 0.747. The van der Waals surface area contributed by atoms with Crippen molar-refractivity contribution in [3.05, 3.63) is 51.5 Å². The normalized spacial score (nSPS) is 16.3. The molecule has 2 aromatic rings. The van der Waals surface area contributed by atoms with E-state index in [1.54, 1.807) is 6.92 Å². The van der Waals surface area contributed by atoms with E-state index in [2.05, 4.69) is 15.6 Å². The first kappa shape index (κ1) is 20.8. The fraction of sp³-hybridized carbons (Fsp3) is 0.545. The third-order valence-electron chi connectivity index (χ3n) is 5.03. The van der Waals surface area contributed by atoms with Crippen LogP contribution in [0.25, 0.3) is 0 Å². The molecule has 0 saturated heterocycles. The Bertz CT molecular complexity index is 747. The SMILES string of the molecule is CCNC(=NCC(C)(O)c1ccccc1)NCCCc1nc2c(s1)CCCC2. The second-order valence-corrected chi connectivity index (χ2v) is 8.72. The number of aliphatic hydroxyl groups is 1. The van der Waals surface area contributed by atoms with E-state index < -0.39 is 5.60 Å². The van der Waals surface area contributed by atoms with Crippen LogP contribution >= 0.6 is 11.3 Å². The highest BCUT2D eigenvalue weighted by Crippen LogP contribution is 2.27. The zero-order valence-corrected chi connectivity index (χ0v) is 17.8. The van der Waals surface area contributed by atoms with Crippen molar-refractivity contribution in [2.45, 2.75) is 58.0 Å². The van der Waals surface area contributed by atoms with Crippen LogP contribution in [0, 0.1) is 0 Å². The molecular formula is C22H32N4OS. The third kappa shape index (κ3) is 5.79. The summed E-state index contributed by atoms with van der Waals surface area (Å²) >= 11 is 1.90. The number of nitrogens with one attached hydrogen (secondary N) is 2. The van der Waals surface area contributed by atoms with Gasteiger partial charge in [0.15, 0.2) is 5.96 Å². The van der Waals surface area contributed by atoms with Crippen molar-refractivity contribution in [1.29, 1.82) is 0 Å². The van der Waals surface area contributed by atoms with Gasteiger partial charge in [0.1, 0.15) is 5.60 Å². The van der Waals surface area contributed by atoms with Crippen molar-refractivity contribution in [2.24, 2.45) is 4.99 Å². The number of rotatable bonds is 8. The monoisotopic (exact) mass is 400 g/mol. The summed E-state index contributed by atoms with van der Waals surface area (Å²) in [6.07, 6.45) is 6.99. The van der Waals surface area contributed by atoms with Crippen LogP contribution in [0.1, 0.15) is 54.3 Å². The molecule has 6 heteroatoms. The molecule has 1 aliphatic carbocycles. The fourth-order valence-electron chi connectivity index (χ4n) is 3.42. The average molecular weight is 401 g/mol. The number of aliphatic imine (C=N–C) groups is 1. The highest BCUT2D eigenvalue weighted by Gasteiger charge is 2.22. The van der Waals surface area contributed by atoms with Gasteiger partial charge in [-0.2, -0.15) is 0 Å². The molecule has 1 atom stereocenters. The van der Waals surface area contributed by atoms with Gasteiger partial charge in [-0.15, -0.1) is 11.3 Å². The maximum absolute atomic E-state index is 10.7. The topological polar surface area (TPSA) is 69.5 Å². The van der Waals surface area contributed by atoms with Crippen molar-refractivity contribution < 1.29 is 5.11 Å². The number of guanidine groups is 1. The van der Waals surface area contributed by atoms with E-state index in [0.29, 0.717) is 6.54 Å². The predicted molar refractivity (Wildman–Crippen MR) is 117 cm³/mol. The smallest absolute Gasteiger partial charge is 0.191 e. The predicted octanol–water partition coefficient (Wildman–Crippen LogP) is 3.42. The van der Waals surface area contributed by atoms with Gasteiger partial charge < -0.3 is 15.7 Å². The first-order valence-electron chi connectivity index (χ1n) is 10.4. The molecule has 0 amide bonds. The Hall–Kier alpha value is -1.92. The molecule has 0 radical (unpaired) electrons. The van der Waals surface area contributed by atoms with Crippen LogP contribution in [-0.4, -0.2) is 35.7 Å². The van der Waals surface area contributed by atoms with Gasteiger partial charge in [0.2, 0.25) is 0 Å². The molecule has 0 aliphatic heterocycles. The van der Waals surface area contributed by atoms with Crippen molar-refractivity contribution in [1.82, 2.24) is 15.6 Å². The molecule has 0 bridgehead atoms. The molecule has 5 nitrogen and oxygen atoms in total. The lowest BCUT2D eigenvalue weighted by Gasteiger charge is -2.22. The van der Waals surface area contributed by atoms with Crippen LogP contribution < -0.4 is 10.6 Å². The lowest BCUT2D eigenvalue weighted by molar-refractivity contribution is 0.0672. The number of hydrogen-bond donors (Lipinski definition) is 3. The van der Waals surface area contributed by atoms with Gasteiger partial charge in [-0.1, -0.05) is 30.3 Å². The van der Waals surface area contributed by atoms with Gasteiger partial charge in [0, 0.05) is 24.4 Å². The highest BCUT2D eigenvalue weighted by atomic mass is 32.1. The van der Waals surface area contributed by atoms with Gasteiger partial charge >= 0.3 is 0 Å². The van der Waals surface area contributed by atoms with E-state index in [1.807, 2.05) is 48.6 Å². The van der Waals surface area contributed by atoms with Gasteiger partial charge in [0.25, 0.3) is 0 Å². The standard InChI is InChI=1S/C22H32N4OS/c1-3-23-21(25-16-22(2,27)17-10-5-4-6-11-17)24-15-9-14-20-26-18-12-7-8-13-19(18)28-20/h4-6,10-11,27H,3,7-9,12-16H2,1-2H3,(H2,23,24,25). The van der Waals surface area contributed by atoms with Crippen molar-refractivity contribution in [3.63, 3.8) is 0 Å². The first-order valence-corrected chi connectivity index (χ1v) is 11.2. The number of benzene rings is 1. The summed E-state index contributed by atoms with van der Waals surface area (Å²) in [5, 5.41) is 18.6. The fourth-order valence-corrected chi connectivity index (χ4v) is 4.62. The summed E-state index contributed by atoms with van der Waals surface area (Å²) in [6.45, 7) is 5.79. The molecule has 1 heterocycles. The molecule has 3 rings (SSSR count). The van der Waals surface area contributed by atoms with Crippen LogP contribution in [-0.2, 0) is 24.9 Å². The number of thiazole rings is 1. The lowest BCUT2D eigenvalue weighted by Crippen LogP contribution is -2.39. The van der Waals surface area contributed by atoms with Crippen molar-refractivity contribution >= 4 is 17.3 Å². The van der Waals surface area contributed by atoms with Crippen LogP contribution in [0.3, 0.4) is 0 Å². The van der Waals surface area contributed by atoms with E-state index in [1.165, 1.54) is 34.8 Å². The molecule has 28 heavy (non-hydrogen) atoms. The van der Waals surface area contributed by atoms with Crippen LogP contribution in [0.2, 0.25) is 0 Å². The van der Waals surface area contributed by atoms with Crippen molar-refractivity contribution in [2.75, 3.05) is 19.6 Å². The number of aryl methyl sites for hydroxylation is 3. The Morgan fingerprint density at radius 1 is 1.21 bits per heavy atom. The molecular weight excluding hydrogens is 368 g/mol. The summed E-state index contributed by atoms with van der Waals surface area (Å²) < 4.78 is 0. The first-order chi connectivity index (χ1) is 13.6. The van der Waals surface area contributed by atoms with E-state index in [9.17, 15) is 5.11 Å². The number of fused-ring (bicyclic) bond motifs is 1. The van der Waals surface area contributed by atoms with E-state index in [-0.39, 0.29) is 0 Å². The number of nitrogens with zero attached hydrogens (tertiary/aromatic N) is 2. The summed E-state index contributed by atoms with van der Waals surface area (Å²) in [7, 11) is 0. The van der Waals surface area contributed by atoms with Crippen LogP contribution in [0.15, 0.2) is 35.3 Å². The molecule has 0 spiro atoms. The van der Waals surface area contributed by atoms with Gasteiger partial charge in [-0.3, -0.25) is 0 Å². The minimum Gasteiger partial charge on any atom is -0.384 e. The van der Waals surface area contributed by atoms with Gasteiger partial charge in [-0.25, -0.2) is 9.98 Å². The van der Waals surface area contributed by atoms with Crippen LogP contribution in [0.5, 0.6) is 0 Å². The van der Waals surface area contributed by atoms with E-state index >= 15 is 0 Å². The summed E-state index contributed by atoms with van der Waals surface area (Å²) in [4.78, 5) is 10.9. The van der Waals surface area contributed by atoms with Crippen LogP contribution in [0.4, 0.5) is 0 Å². The zero-order chi connectivity index (χ0) is 19.8. The Balaban J connectivity index is 1.48. The maximum atomic E-state index is 10.7. The molecule has 0 saturated carbocycles. The molecule has 1 unspecified atom stereocenters. The maximum Gasteiger partial charge on any atom is 0.191 e. The molecule has 1 aromatic heterocycles. The van der Waals surface area contributed by atoms with Crippen molar-refractivity contribution in [3.8, 4) is 0 Å². The molecule has 1 aromatic carbocycles. The minimum absolute atomic E-state index is 0.311. The highest BCUT2D eigenvalue weighted by molar-refractivity contribution is 7.11. The minimum atomic E-state index is -0.983. The number of aromatic nitrogens is 1. The molecule has 152 valence electrons. The molecule has 0 fully saturated rings. The average Bonchev–Trinajstić information content (AvgIpc) is 3.13. The third-order valence-corrected chi connectivity index (χ3v) is 6.25. The summed E-state index contributed by atoms with van der Waals surface area (Å²) in [6, 6.07) is 9.70. The largest absolute Gasteiger partial charge is 0.384 e. The quantitative estimate of drug-likeness (QED) is 0.361. The number of hydrogen-bond acceptors (Lipinski definition) is 4. The van der Waals surface area contributed by atoms with Gasteiger partial charge in [-0.05, 0) is 51.5 Å². The zero-order valence-electron chi connectivity index (χ0n) is 17.0. The Labute approximate surface area is 172 Å². The molecule has 1 aliphatic rings. The lowest BCUT2D eigenvalue weighted by atomic mass is 9.96. The second kappa shape index (κ2) is 10.0. The van der Waals surface area contributed by atoms with Gasteiger partial charge in [0.05, 0.1) is 17.2 Å². The second-order valence-electron chi connectivity index (χ2n) is 7.55. The van der Waals surface area contributed by atoms with E-state index in [0.717, 1.165) is 43.9 Å². The van der Waals surface area contributed by atoms with E-state index in [4.69, 9.17) is 4.98 Å². The Kier molecular flexibility index (Phi) is 7.45. The molecule has 3 N–H and O–H groups in total. The summed E-state index contributed by atoms with van der Waals surface area (Å²) in [5.41, 5.74) is 1.24.